The second kappa shape index (κ2) is 6.76. The number of hydrogen-bond donors (Lipinski definition) is 2. The minimum Gasteiger partial charge on any atom is -0.444 e. The highest BCUT2D eigenvalue weighted by molar-refractivity contribution is 5.67. The van der Waals surface area contributed by atoms with Gasteiger partial charge in [0.1, 0.15) is 5.60 Å². The van der Waals surface area contributed by atoms with Crippen LogP contribution in [0.2, 0.25) is 0 Å². The van der Waals surface area contributed by atoms with Crippen molar-refractivity contribution in [2.24, 2.45) is 5.92 Å². The first-order valence-electron chi connectivity index (χ1n) is 7.85. The van der Waals surface area contributed by atoms with Crippen LogP contribution in [0.25, 0.3) is 0 Å². The lowest BCUT2D eigenvalue weighted by Crippen LogP contribution is -2.36. The van der Waals surface area contributed by atoms with Crippen molar-refractivity contribution >= 4 is 6.09 Å². The van der Waals surface area contributed by atoms with Gasteiger partial charge in [-0.15, -0.1) is 0 Å². The average molecular weight is 283 g/mol. The summed E-state index contributed by atoms with van der Waals surface area (Å²) in [5, 5.41) is 6.43. The second-order valence-electron chi connectivity index (χ2n) is 7.07. The summed E-state index contributed by atoms with van der Waals surface area (Å²) in [5.41, 5.74) is -0.416. The minimum absolute atomic E-state index is 0.300. The maximum absolute atomic E-state index is 11.6. The summed E-state index contributed by atoms with van der Waals surface area (Å²) in [5.74, 6) is 0.559. The van der Waals surface area contributed by atoms with Gasteiger partial charge in [0, 0.05) is 32.2 Å². The summed E-state index contributed by atoms with van der Waals surface area (Å²) in [6.07, 6.45) is 3.57. The van der Waals surface area contributed by atoms with E-state index < -0.39 is 5.60 Å². The van der Waals surface area contributed by atoms with Crippen LogP contribution < -0.4 is 10.6 Å². The van der Waals surface area contributed by atoms with Crippen LogP contribution in [0.4, 0.5) is 4.79 Å². The van der Waals surface area contributed by atoms with Crippen LogP contribution in [-0.4, -0.2) is 55.4 Å². The molecule has 0 radical (unpaired) electrons. The molecule has 20 heavy (non-hydrogen) atoms. The molecule has 0 bridgehead atoms. The summed E-state index contributed by atoms with van der Waals surface area (Å²) in [6, 6.07) is 0.794. The molecule has 5 heteroatoms. The lowest BCUT2D eigenvalue weighted by molar-refractivity contribution is 0.0519. The molecule has 2 N–H and O–H groups in total. The molecule has 2 aliphatic rings. The van der Waals surface area contributed by atoms with Crippen LogP contribution >= 0.6 is 0 Å². The molecule has 2 rings (SSSR count). The highest BCUT2D eigenvalue weighted by Crippen LogP contribution is 2.19. The molecule has 1 heterocycles. The van der Waals surface area contributed by atoms with Gasteiger partial charge in [0.05, 0.1) is 0 Å². The van der Waals surface area contributed by atoms with E-state index in [9.17, 15) is 4.79 Å². The molecule has 0 aromatic heterocycles. The zero-order valence-corrected chi connectivity index (χ0v) is 13.1. The summed E-state index contributed by atoms with van der Waals surface area (Å²) >= 11 is 0. The SMILES string of the molecule is CC(C)(C)OC(=O)NCC1CCN(CCNC2CC2)C1. The van der Waals surface area contributed by atoms with Gasteiger partial charge in [-0.2, -0.15) is 0 Å². The molecule has 1 amide bonds. The van der Waals surface area contributed by atoms with Gasteiger partial charge in [-0.05, 0) is 52.5 Å². The van der Waals surface area contributed by atoms with E-state index in [1.165, 1.54) is 19.3 Å². The minimum atomic E-state index is -0.416. The van der Waals surface area contributed by atoms with Gasteiger partial charge in [0.15, 0.2) is 0 Å². The Hall–Kier alpha value is -0.810. The van der Waals surface area contributed by atoms with Crippen molar-refractivity contribution in [2.75, 3.05) is 32.7 Å². The van der Waals surface area contributed by atoms with Crippen molar-refractivity contribution in [3.05, 3.63) is 0 Å². The zero-order valence-electron chi connectivity index (χ0n) is 13.1. The predicted octanol–water partition coefficient (Wildman–Crippen LogP) is 1.58. The Labute approximate surface area is 122 Å². The van der Waals surface area contributed by atoms with Gasteiger partial charge in [-0.3, -0.25) is 0 Å². The van der Waals surface area contributed by atoms with Crippen molar-refractivity contribution in [2.45, 2.75) is 51.7 Å². The smallest absolute Gasteiger partial charge is 0.407 e. The fraction of sp³-hybridized carbons (Fsp3) is 0.933. The molecule has 1 unspecified atom stereocenters. The van der Waals surface area contributed by atoms with Gasteiger partial charge in [0.2, 0.25) is 0 Å². The molecule has 0 aromatic carbocycles. The number of alkyl carbamates (subject to hydrolysis) is 1. The molecule has 1 saturated heterocycles. The fourth-order valence-corrected chi connectivity index (χ4v) is 2.54. The van der Waals surface area contributed by atoms with E-state index in [2.05, 4.69) is 15.5 Å². The van der Waals surface area contributed by atoms with Crippen molar-refractivity contribution in [1.82, 2.24) is 15.5 Å². The molecule has 5 nitrogen and oxygen atoms in total. The maximum atomic E-state index is 11.6. The highest BCUT2D eigenvalue weighted by Gasteiger charge is 2.25. The Morgan fingerprint density at radius 1 is 1.30 bits per heavy atom. The van der Waals surface area contributed by atoms with Gasteiger partial charge < -0.3 is 20.3 Å². The van der Waals surface area contributed by atoms with Crippen LogP contribution in [0.1, 0.15) is 40.0 Å². The van der Waals surface area contributed by atoms with Crippen LogP contribution in [-0.2, 0) is 4.74 Å². The lowest BCUT2D eigenvalue weighted by Gasteiger charge is -2.21. The second-order valence-corrected chi connectivity index (χ2v) is 7.07. The third kappa shape index (κ3) is 6.09. The topological polar surface area (TPSA) is 53.6 Å². The number of likely N-dealkylation sites (tertiary alicyclic amines) is 1. The molecule has 1 aliphatic carbocycles. The van der Waals surface area contributed by atoms with Gasteiger partial charge in [-0.1, -0.05) is 0 Å². The van der Waals surface area contributed by atoms with Crippen molar-refractivity contribution < 1.29 is 9.53 Å². The first kappa shape index (κ1) is 15.6. The summed E-state index contributed by atoms with van der Waals surface area (Å²) in [4.78, 5) is 14.1. The Bertz CT molecular complexity index is 324. The molecule has 116 valence electrons. The number of ether oxygens (including phenoxy) is 1. The number of nitrogens with zero attached hydrogens (tertiary/aromatic N) is 1. The van der Waals surface area contributed by atoms with Gasteiger partial charge >= 0.3 is 6.09 Å². The van der Waals surface area contributed by atoms with E-state index in [1.807, 2.05) is 20.8 Å². The maximum Gasteiger partial charge on any atom is 0.407 e. The van der Waals surface area contributed by atoms with Gasteiger partial charge in [0.25, 0.3) is 0 Å². The monoisotopic (exact) mass is 283 g/mol. The standard InChI is InChI=1S/C15H29N3O2/c1-15(2,3)20-14(19)17-10-12-6-8-18(11-12)9-7-16-13-4-5-13/h12-13,16H,4-11H2,1-3H3,(H,17,19). The molecule has 1 atom stereocenters. The molecular weight excluding hydrogens is 254 g/mol. The Kier molecular flexibility index (Phi) is 5.27. The Morgan fingerprint density at radius 2 is 2.05 bits per heavy atom. The average Bonchev–Trinajstić information content (AvgIpc) is 3.03. The van der Waals surface area contributed by atoms with Crippen molar-refractivity contribution in [3.63, 3.8) is 0 Å². The van der Waals surface area contributed by atoms with E-state index in [0.29, 0.717) is 5.92 Å². The first-order valence-corrected chi connectivity index (χ1v) is 7.85. The lowest BCUT2D eigenvalue weighted by atomic mass is 10.1. The molecule has 0 aromatic rings. The molecular formula is C15H29N3O2. The van der Waals surface area contributed by atoms with Gasteiger partial charge in [-0.25, -0.2) is 4.79 Å². The van der Waals surface area contributed by atoms with E-state index in [4.69, 9.17) is 4.74 Å². The zero-order chi connectivity index (χ0) is 14.6. The third-order valence-electron chi connectivity index (χ3n) is 3.74. The number of carbonyl (C=O) groups excluding carboxylic acids is 1. The van der Waals surface area contributed by atoms with E-state index in [-0.39, 0.29) is 6.09 Å². The first-order chi connectivity index (χ1) is 9.42. The quantitative estimate of drug-likeness (QED) is 0.777. The number of amides is 1. The van der Waals surface area contributed by atoms with E-state index >= 15 is 0 Å². The highest BCUT2D eigenvalue weighted by atomic mass is 16.6. The third-order valence-corrected chi connectivity index (χ3v) is 3.74. The van der Waals surface area contributed by atoms with Crippen LogP contribution in [0.3, 0.4) is 0 Å². The summed E-state index contributed by atoms with van der Waals surface area (Å²) in [6.45, 7) is 10.8. The fourth-order valence-electron chi connectivity index (χ4n) is 2.54. The predicted molar refractivity (Wildman–Crippen MR) is 79.8 cm³/mol. The molecule has 0 spiro atoms. The Balaban J connectivity index is 1.54. The largest absolute Gasteiger partial charge is 0.444 e. The normalized spacial score (nSPS) is 23.9. The number of rotatable bonds is 6. The number of carbonyl (C=O) groups is 1. The van der Waals surface area contributed by atoms with Crippen LogP contribution in [0.5, 0.6) is 0 Å². The molecule has 1 aliphatic heterocycles. The molecule has 2 fully saturated rings. The summed E-state index contributed by atoms with van der Waals surface area (Å²) in [7, 11) is 0. The number of hydrogen-bond acceptors (Lipinski definition) is 4. The molecule has 1 saturated carbocycles. The van der Waals surface area contributed by atoms with Crippen molar-refractivity contribution in [1.29, 1.82) is 0 Å². The van der Waals surface area contributed by atoms with E-state index in [0.717, 1.165) is 38.8 Å². The summed E-state index contributed by atoms with van der Waals surface area (Å²) < 4.78 is 5.25. The van der Waals surface area contributed by atoms with E-state index in [1.54, 1.807) is 0 Å². The number of nitrogens with one attached hydrogen (secondary N) is 2. The van der Waals surface area contributed by atoms with Crippen molar-refractivity contribution in [3.8, 4) is 0 Å². The Morgan fingerprint density at radius 3 is 2.70 bits per heavy atom. The van der Waals surface area contributed by atoms with Crippen LogP contribution in [0, 0.1) is 5.92 Å². The van der Waals surface area contributed by atoms with Crippen LogP contribution in [0.15, 0.2) is 0 Å².